The minimum atomic E-state index is -3.58. The number of benzene rings is 1. The van der Waals surface area contributed by atoms with E-state index < -0.39 is 10.0 Å². The van der Waals surface area contributed by atoms with Crippen molar-refractivity contribution in [3.8, 4) is 5.75 Å². The van der Waals surface area contributed by atoms with E-state index in [-0.39, 0.29) is 10.6 Å². The summed E-state index contributed by atoms with van der Waals surface area (Å²) in [4.78, 5) is 13.9. The van der Waals surface area contributed by atoms with E-state index in [4.69, 9.17) is 4.74 Å². The number of isocyanates is 1. The Kier molecular flexibility index (Phi) is 5.23. The molecule has 0 saturated carbocycles. The Labute approximate surface area is 112 Å². The Morgan fingerprint density at radius 3 is 2.42 bits per heavy atom. The number of ether oxygens (including phenoxy) is 1. The highest BCUT2D eigenvalue weighted by atomic mass is 32.2. The average molecular weight is 284 g/mol. The van der Waals surface area contributed by atoms with Gasteiger partial charge in [-0.05, 0) is 18.2 Å². The molecule has 0 fully saturated rings. The van der Waals surface area contributed by atoms with Gasteiger partial charge >= 0.3 is 0 Å². The SMILES string of the molecule is CCN(CC)S(=O)(=O)c1ccc(OC)c(N=C=O)c1. The highest BCUT2D eigenvalue weighted by Crippen LogP contribution is 2.30. The van der Waals surface area contributed by atoms with Crippen LogP contribution in [-0.4, -0.2) is 39.0 Å². The second-order valence-electron chi connectivity index (χ2n) is 3.63. The smallest absolute Gasteiger partial charge is 0.243 e. The minimum Gasteiger partial charge on any atom is -0.494 e. The van der Waals surface area contributed by atoms with Crippen molar-refractivity contribution in [2.24, 2.45) is 4.99 Å². The Morgan fingerprint density at radius 2 is 1.95 bits per heavy atom. The summed E-state index contributed by atoms with van der Waals surface area (Å²) in [6.07, 6.45) is 1.38. The fraction of sp³-hybridized carbons (Fsp3) is 0.417. The molecule has 7 heteroatoms. The van der Waals surface area contributed by atoms with Gasteiger partial charge in [-0.2, -0.15) is 9.30 Å². The van der Waals surface area contributed by atoms with Crippen LogP contribution in [0.15, 0.2) is 28.1 Å². The molecule has 1 aromatic carbocycles. The monoisotopic (exact) mass is 284 g/mol. The number of methoxy groups -OCH3 is 1. The van der Waals surface area contributed by atoms with Gasteiger partial charge in [0.1, 0.15) is 11.4 Å². The predicted molar refractivity (Wildman–Crippen MR) is 70.9 cm³/mol. The van der Waals surface area contributed by atoms with E-state index in [1.165, 1.54) is 35.7 Å². The molecule has 1 rings (SSSR count). The van der Waals surface area contributed by atoms with Crippen LogP contribution in [0.4, 0.5) is 5.69 Å². The number of carbonyl (C=O) groups excluding carboxylic acids is 1. The van der Waals surface area contributed by atoms with E-state index in [0.717, 1.165) is 0 Å². The van der Waals surface area contributed by atoms with E-state index >= 15 is 0 Å². The molecule has 0 aliphatic rings. The van der Waals surface area contributed by atoms with E-state index in [0.29, 0.717) is 18.8 Å². The summed E-state index contributed by atoms with van der Waals surface area (Å²) in [5, 5.41) is 0. The molecular weight excluding hydrogens is 268 g/mol. The van der Waals surface area contributed by atoms with Gasteiger partial charge in [-0.1, -0.05) is 13.8 Å². The maximum Gasteiger partial charge on any atom is 0.243 e. The first-order valence-corrected chi connectivity index (χ1v) is 7.21. The number of hydrogen-bond acceptors (Lipinski definition) is 5. The largest absolute Gasteiger partial charge is 0.494 e. The third-order valence-corrected chi connectivity index (χ3v) is 4.71. The van der Waals surface area contributed by atoms with Crippen molar-refractivity contribution in [1.82, 2.24) is 4.31 Å². The fourth-order valence-corrected chi connectivity index (χ4v) is 3.16. The molecule has 0 aromatic heterocycles. The van der Waals surface area contributed by atoms with E-state index in [9.17, 15) is 13.2 Å². The van der Waals surface area contributed by atoms with E-state index in [2.05, 4.69) is 4.99 Å². The van der Waals surface area contributed by atoms with Crippen LogP contribution in [0.1, 0.15) is 13.8 Å². The van der Waals surface area contributed by atoms with Gasteiger partial charge < -0.3 is 4.74 Å². The van der Waals surface area contributed by atoms with E-state index in [1.807, 2.05) is 0 Å². The Morgan fingerprint density at radius 1 is 1.32 bits per heavy atom. The maximum absolute atomic E-state index is 12.3. The van der Waals surface area contributed by atoms with Crippen molar-refractivity contribution in [3.05, 3.63) is 18.2 Å². The van der Waals surface area contributed by atoms with Crippen LogP contribution in [0.2, 0.25) is 0 Å². The van der Waals surface area contributed by atoms with Crippen molar-refractivity contribution in [3.63, 3.8) is 0 Å². The Balaban J connectivity index is 3.36. The van der Waals surface area contributed by atoms with Crippen LogP contribution >= 0.6 is 0 Å². The summed E-state index contributed by atoms with van der Waals surface area (Å²) in [6, 6.07) is 4.19. The first-order chi connectivity index (χ1) is 9.01. The second-order valence-corrected chi connectivity index (χ2v) is 5.56. The third-order valence-electron chi connectivity index (χ3n) is 2.66. The van der Waals surface area contributed by atoms with Gasteiger partial charge in [0.15, 0.2) is 0 Å². The highest BCUT2D eigenvalue weighted by Gasteiger charge is 2.22. The molecule has 0 aliphatic carbocycles. The normalized spacial score (nSPS) is 11.2. The third kappa shape index (κ3) is 3.20. The lowest BCUT2D eigenvalue weighted by Gasteiger charge is -2.18. The first kappa shape index (κ1) is 15.4. The summed E-state index contributed by atoms with van der Waals surface area (Å²) >= 11 is 0. The Hall–Kier alpha value is -1.69. The predicted octanol–water partition coefficient (Wildman–Crippen LogP) is 1.69. The zero-order valence-corrected chi connectivity index (χ0v) is 11.9. The molecule has 19 heavy (non-hydrogen) atoms. The molecule has 0 atom stereocenters. The molecule has 0 radical (unpaired) electrons. The van der Waals surface area contributed by atoms with E-state index in [1.54, 1.807) is 13.8 Å². The van der Waals surface area contributed by atoms with Crippen LogP contribution < -0.4 is 4.74 Å². The molecule has 6 nitrogen and oxygen atoms in total. The van der Waals surface area contributed by atoms with Crippen LogP contribution in [-0.2, 0) is 14.8 Å². The highest BCUT2D eigenvalue weighted by molar-refractivity contribution is 7.89. The zero-order chi connectivity index (χ0) is 14.5. The fourth-order valence-electron chi connectivity index (χ4n) is 1.68. The average Bonchev–Trinajstić information content (AvgIpc) is 2.40. The number of hydrogen-bond donors (Lipinski definition) is 0. The maximum atomic E-state index is 12.3. The topological polar surface area (TPSA) is 76.0 Å². The van der Waals surface area contributed by atoms with Gasteiger partial charge in [0.2, 0.25) is 16.1 Å². The number of nitrogens with zero attached hydrogens (tertiary/aromatic N) is 2. The molecule has 0 amide bonds. The lowest BCUT2D eigenvalue weighted by atomic mass is 10.3. The van der Waals surface area contributed by atoms with Crippen molar-refractivity contribution in [1.29, 1.82) is 0 Å². The van der Waals surface area contributed by atoms with Crippen LogP contribution in [0.25, 0.3) is 0 Å². The van der Waals surface area contributed by atoms with Crippen LogP contribution in [0.3, 0.4) is 0 Å². The van der Waals surface area contributed by atoms with Crippen molar-refractivity contribution in [2.45, 2.75) is 18.7 Å². The number of rotatable bonds is 6. The molecule has 1 aromatic rings. The zero-order valence-electron chi connectivity index (χ0n) is 11.1. The van der Waals surface area contributed by atoms with Crippen LogP contribution in [0.5, 0.6) is 5.75 Å². The first-order valence-electron chi connectivity index (χ1n) is 5.77. The summed E-state index contributed by atoms with van der Waals surface area (Å²) in [5.74, 6) is 0.321. The summed E-state index contributed by atoms with van der Waals surface area (Å²) < 4.78 is 30.9. The molecule has 0 heterocycles. The Bertz CT molecular complexity index is 588. The van der Waals surface area contributed by atoms with Gasteiger partial charge in [0, 0.05) is 13.1 Å². The molecule has 0 aliphatic heterocycles. The van der Waals surface area contributed by atoms with Crippen LogP contribution in [0, 0.1) is 0 Å². The molecule has 0 unspecified atom stereocenters. The van der Waals surface area contributed by atoms with Gasteiger partial charge in [-0.25, -0.2) is 13.2 Å². The summed E-state index contributed by atoms with van der Waals surface area (Å²) in [6.45, 7) is 4.26. The van der Waals surface area contributed by atoms with Crippen molar-refractivity contribution >= 4 is 21.8 Å². The molecule has 0 saturated heterocycles. The quantitative estimate of drug-likeness (QED) is 0.588. The lowest BCUT2D eigenvalue weighted by Crippen LogP contribution is -2.30. The number of sulfonamides is 1. The molecule has 104 valence electrons. The van der Waals surface area contributed by atoms with Gasteiger partial charge in [-0.15, -0.1) is 0 Å². The summed E-state index contributed by atoms with van der Waals surface area (Å²) in [5.41, 5.74) is 0.144. The minimum absolute atomic E-state index is 0.0750. The van der Waals surface area contributed by atoms with Crippen molar-refractivity contribution < 1.29 is 17.9 Å². The molecule has 0 spiro atoms. The second kappa shape index (κ2) is 6.47. The standard InChI is InChI=1S/C12H16N2O4S/c1-4-14(5-2)19(16,17)10-6-7-12(18-3)11(8-10)13-9-15/h6-8H,4-5H2,1-3H3. The molecule has 0 bridgehead atoms. The summed E-state index contributed by atoms with van der Waals surface area (Å²) in [7, 11) is -2.16. The van der Waals surface area contributed by atoms with Crippen molar-refractivity contribution in [2.75, 3.05) is 20.2 Å². The molecular formula is C12H16N2O4S. The van der Waals surface area contributed by atoms with Gasteiger partial charge in [0.05, 0.1) is 12.0 Å². The molecule has 0 N–H and O–H groups in total. The van der Waals surface area contributed by atoms with Gasteiger partial charge in [-0.3, -0.25) is 0 Å². The lowest BCUT2D eigenvalue weighted by molar-refractivity contribution is 0.415. The van der Waals surface area contributed by atoms with Gasteiger partial charge in [0.25, 0.3) is 0 Å². The number of aliphatic imine (C=N–C) groups is 1.